The molecule has 6 heteroatoms. The second kappa shape index (κ2) is 6.98. The normalized spacial score (nSPS) is 15.2. The number of aliphatic hydroxyl groups excluding tert-OH is 1. The van der Waals surface area contributed by atoms with Crippen LogP contribution in [0.4, 0.5) is 5.69 Å². The predicted molar refractivity (Wildman–Crippen MR) is 94.4 cm³/mol. The van der Waals surface area contributed by atoms with E-state index in [1.807, 2.05) is 49.2 Å². The van der Waals surface area contributed by atoms with Gasteiger partial charge in [-0.3, -0.25) is 9.80 Å². The topological polar surface area (TPSA) is 61.6 Å². The highest BCUT2D eigenvalue weighted by atomic mass is 16.3. The first kappa shape index (κ1) is 16.4. The van der Waals surface area contributed by atoms with Gasteiger partial charge in [-0.1, -0.05) is 18.2 Å². The third-order valence-corrected chi connectivity index (χ3v) is 3.94. The third kappa shape index (κ3) is 3.11. The zero-order chi connectivity index (χ0) is 17.1. The average Bonchev–Trinajstić information content (AvgIpc) is 3.00. The van der Waals surface area contributed by atoms with Crippen molar-refractivity contribution in [1.29, 1.82) is 0 Å². The minimum Gasteiger partial charge on any atom is -0.395 e. The van der Waals surface area contributed by atoms with Crippen molar-refractivity contribution in [3.05, 3.63) is 64.6 Å². The molecular formula is C18H22N4O2. The van der Waals surface area contributed by atoms with Gasteiger partial charge in [-0.25, -0.2) is 9.69 Å². The number of aromatic nitrogens is 2. The van der Waals surface area contributed by atoms with Crippen molar-refractivity contribution in [2.75, 3.05) is 24.7 Å². The van der Waals surface area contributed by atoms with Crippen molar-refractivity contribution in [2.45, 2.75) is 19.9 Å². The zero-order valence-corrected chi connectivity index (χ0v) is 14.0. The fourth-order valence-electron chi connectivity index (χ4n) is 2.84. The van der Waals surface area contributed by atoms with Crippen LogP contribution in [-0.4, -0.2) is 39.6 Å². The molecule has 1 aromatic heterocycles. The molecule has 0 radical (unpaired) electrons. The molecule has 6 nitrogen and oxygen atoms in total. The SMILES string of the molecule is CC(C)n1nc(C2=CCN(CCO)N2c2ccccc2)ccc1=O. The molecule has 0 amide bonds. The van der Waals surface area contributed by atoms with Crippen LogP contribution in [0.25, 0.3) is 5.70 Å². The Morgan fingerprint density at radius 2 is 1.92 bits per heavy atom. The number of anilines is 1. The van der Waals surface area contributed by atoms with Crippen LogP contribution >= 0.6 is 0 Å². The zero-order valence-electron chi connectivity index (χ0n) is 14.0. The summed E-state index contributed by atoms with van der Waals surface area (Å²) >= 11 is 0. The lowest BCUT2D eigenvalue weighted by Gasteiger charge is -2.32. The van der Waals surface area contributed by atoms with Gasteiger partial charge in [0.2, 0.25) is 0 Å². The Balaban J connectivity index is 2.03. The Hall–Kier alpha value is -2.44. The molecule has 3 rings (SSSR count). The predicted octanol–water partition coefficient (Wildman–Crippen LogP) is 1.89. The number of benzene rings is 1. The van der Waals surface area contributed by atoms with Gasteiger partial charge in [0.1, 0.15) is 5.69 Å². The van der Waals surface area contributed by atoms with Crippen LogP contribution in [-0.2, 0) is 0 Å². The van der Waals surface area contributed by atoms with E-state index in [9.17, 15) is 9.90 Å². The van der Waals surface area contributed by atoms with Crippen LogP contribution in [0.2, 0.25) is 0 Å². The summed E-state index contributed by atoms with van der Waals surface area (Å²) < 4.78 is 1.49. The van der Waals surface area contributed by atoms with Crippen molar-refractivity contribution >= 4 is 11.4 Å². The van der Waals surface area contributed by atoms with Crippen LogP contribution in [0, 0.1) is 0 Å². The van der Waals surface area contributed by atoms with E-state index in [-0.39, 0.29) is 18.2 Å². The first-order valence-corrected chi connectivity index (χ1v) is 8.13. The third-order valence-electron chi connectivity index (χ3n) is 3.94. The molecule has 0 atom stereocenters. The summed E-state index contributed by atoms with van der Waals surface area (Å²) in [6.07, 6.45) is 2.07. The number of para-hydroxylation sites is 1. The van der Waals surface area contributed by atoms with Crippen molar-refractivity contribution in [2.24, 2.45) is 0 Å². The number of hydrazine groups is 1. The molecule has 126 valence electrons. The fourth-order valence-corrected chi connectivity index (χ4v) is 2.84. The maximum absolute atomic E-state index is 12.0. The average molecular weight is 326 g/mol. The van der Waals surface area contributed by atoms with Crippen LogP contribution in [0.1, 0.15) is 25.6 Å². The van der Waals surface area contributed by atoms with Gasteiger partial charge in [-0.05, 0) is 38.1 Å². The fraction of sp³-hybridized carbons (Fsp3) is 0.333. The van der Waals surface area contributed by atoms with Gasteiger partial charge in [-0.2, -0.15) is 5.10 Å². The van der Waals surface area contributed by atoms with E-state index in [2.05, 4.69) is 16.2 Å². The minimum absolute atomic E-state index is 0.00169. The first-order chi connectivity index (χ1) is 11.6. The standard InChI is InChI=1S/C18H22N4O2/c1-14(2)21-18(24)9-8-16(19-21)17-10-11-20(12-13-23)22(17)15-6-4-3-5-7-15/h3-10,14,23H,11-13H2,1-2H3. The minimum atomic E-state index is -0.106. The Morgan fingerprint density at radius 3 is 2.58 bits per heavy atom. The molecule has 0 saturated carbocycles. The molecule has 1 aromatic carbocycles. The molecule has 2 heterocycles. The molecule has 0 saturated heterocycles. The van der Waals surface area contributed by atoms with E-state index in [0.29, 0.717) is 13.1 Å². The monoisotopic (exact) mass is 326 g/mol. The quantitative estimate of drug-likeness (QED) is 0.909. The van der Waals surface area contributed by atoms with E-state index >= 15 is 0 Å². The van der Waals surface area contributed by atoms with Gasteiger partial charge in [0.15, 0.2) is 0 Å². The summed E-state index contributed by atoms with van der Waals surface area (Å²) in [5, 5.41) is 18.0. The summed E-state index contributed by atoms with van der Waals surface area (Å²) in [5.74, 6) is 0. The number of nitrogens with zero attached hydrogens (tertiary/aromatic N) is 4. The molecule has 0 spiro atoms. The second-order valence-electron chi connectivity index (χ2n) is 5.97. The molecule has 0 bridgehead atoms. The number of aliphatic hydroxyl groups is 1. The smallest absolute Gasteiger partial charge is 0.267 e. The van der Waals surface area contributed by atoms with E-state index in [4.69, 9.17) is 0 Å². The van der Waals surface area contributed by atoms with Gasteiger partial charge in [-0.15, -0.1) is 0 Å². The van der Waals surface area contributed by atoms with E-state index in [1.54, 1.807) is 12.1 Å². The lowest BCUT2D eigenvalue weighted by atomic mass is 10.2. The maximum atomic E-state index is 12.0. The molecule has 2 aromatic rings. The largest absolute Gasteiger partial charge is 0.395 e. The highest BCUT2D eigenvalue weighted by Gasteiger charge is 2.27. The number of rotatable bonds is 5. The van der Waals surface area contributed by atoms with Crippen LogP contribution in [0.5, 0.6) is 0 Å². The summed E-state index contributed by atoms with van der Waals surface area (Å²) in [7, 11) is 0. The second-order valence-corrected chi connectivity index (χ2v) is 5.97. The first-order valence-electron chi connectivity index (χ1n) is 8.13. The molecule has 0 aliphatic carbocycles. The Labute approximate surface area is 141 Å². The van der Waals surface area contributed by atoms with Crippen LogP contribution in [0.15, 0.2) is 53.3 Å². The molecule has 0 unspecified atom stereocenters. The summed E-state index contributed by atoms with van der Waals surface area (Å²) in [4.78, 5) is 12.0. The van der Waals surface area contributed by atoms with Gasteiger partial charge >= 0.3 is 0 Å². The van der Waals surface area contributed by atoms with Crippen LogP contribution < -0.4 is 10.6 Å². The molecule has 1 aliphatic heterocycles. The van der Waals surface area contributed by atoms with E-state index < -0.39 is 0 Å². The maximum Gasteiger partial charge on any atom is 0.267 e. The Kier molecular flexibility index (Phi) is 4.78. The highest BCUT2D eigenvalue weighted by Crippen LogP contribution is 2.30. The van der Waals surface area contributed by atoms with Crippen molar-refractivity contribution in [3.8, 4) is 0 Å². The Morgan fingerprint density at radius 1 is 1.17 bits per heavy atom. The van der Waals surface area contributed by atoms with Gasteiger partial charge in [0, 0.05) is 19.2 Å². The van der Waals surface area contributed by atoms with E-state index in [1.165, 1.54) is 4.68 Å². The van der Waals surface area contributed by atoms with Crippen LogP contribution in [0.3, 0.4) is 0 Å². The van der Waals surface area contributed by atoms with Gasteiger partial charge in [0.05, 0.1) is 24.0 Å². The summed E-state index contributed by atoms with van der Waals surface area (Å²) in [5.41, 5.74) is 2.56. The number of β-amino-alcohol motifs (C(OH)–C–C–N with tert-alkyl or cyclic N) is 1. The van der Waals surface area contributed by atoms with Crippen molar-refractivity contribution in [3.63, 3.8) is 0 Å². The Bertz CT molecular complexity index is 783. The molecule has 1 N–H and O–H groups in total. The lowest BCUT2D eigenvalue weighted by molar-refractivity contribution is 0.216. The summed E-state index contributed by atoms with van der Waals surface area (Å²) in [6, 6.07) is 13.3. The van der Waals surface area contributed by atoms with Crippen molar-refractivity contribution in [1.82, 2.24) is 14.8 Å². The lowest BCUT2D eigenvalue weighted by Crippen LogP contribution is -2.39. The van der Waals surface area contributed by atoms with Gasteiger partial charge < -0.3 is 5.11 Å². The summed E-state index contributed by atoms with van der Waals surface area (Å²) in [6.45, 7) is 5.16. The molecule has 1 aliphatic rings. The number of hydrogen-bond acceptors (Lipinski definition) is 5. The molecule has 24 heavy (non-hydrogen) atoms. The van der Waals surface area contributed by atoms with Crippen molar-refractivity contribution < 1.29 is 5.11 Å². The molecule has 0 fully saturated rings. The molecular weight excluding hydrogens is 304 g/mol. The highest BCUT2D eigenvalue weighted by molar-refractivity contribution is 5.78. The number of hydrogen-bond donors (Lipinski definition) is 1. The van der Waals surface area contributed by atoms with E-state index in [0.717, 1.165) is 17.1 Å². The van der Waals surface area contributed by atoms with Gasteiger partial charge in [0.25, 0.3) is 5.56 Å².